The SMILES string of the molecule is Cc1ccc(OCc2ncc(C(C)C)o2)c([N+](=O)[O-])c1. The first-order valence-electron chi connectivity index (χ1n) is 6.30. The lowest BCUT2D eigenvalue weighted by Gasteiger charge is -2.05. The number of nitro groups is 1. The Labute approximate surface area is 116 Å². The van der Waals surface area contributed by atoms with Crippen molar-refractivity contribution in [2.24, 2.45) is 0 Å². The number of oxazole rings is 1. The molecule has 20 heavy (non-hydrogen) atoms. The second-order valence-corrected chi connectivity index (χ2v) is 4.83. The highest BCUT2D eigenvalue weighted by atomic mass is 16.6. The van der Waals surface area contributed by atoms with Gasteiger partial charge in [0.1, 0.15) is 5.76 Å². The van der Waals surface area contributed by atoms with Crippen molar-refractivity contribution in [3.63, 3.8) is 0 Å². The molecule has 0 aliphatic rings. The van der Waals surface area contributed by atoms with Crippen LogP contribution in [0.4, 0.5) is 5.69 Å². The number of hydrogen-bond donors (Lipinski definition) is 0. The number of nitro benzene ring substituents is 1. The topological polar surface area (TPSA) is 78.4 Å². The Morgan fingerprint density at radius 3 is 2.80 bits per heavy atom. The molecular weight excluding hydrogens is 260 g/mol. The Hall–Kier alpha value is -2.37. The zero-order valence-electron chi connectivity index (χ0n) is 11.6. The van der Waals surface area contributed by atoms with Crippen LogP contribution in [0.2, 0.25) is 0 Å². The Kier molecular flexibility index (Phi) is 4.02. The normalized spacial score (nSPS) is 10.8. The molecule has 2 aromatic rings. The van der Waals surface area contributed by atoms with Gasteiger partial charge in [-0.25, -0.2) is 4.98 Å². The summed E-state index contributed by atoms with van der Waals surface area (Å²) in [6.07, 6.45) is 1.65. The van der Waals surface area contributed by atoms with E-state index >= 15 is 0 Å². The van der Waals surface area contributed by atoms with Gasteiger partial charge in [0.05, 0.1) is 11.1 Å². The van der Waals surface area contributed by atoms with Crippen LogP contribution in [0.25, 0.3) is 0 Å². The van der Waals surface area contributed by atoms with Gasteiger partial charge in [0.15, 0.2) is 12.4 Å². The third kappa shape index (κ3) is 3.14. The van der Waals surface area contributed by atoms with E-state index in [0.717, 1.165) is 11.3 Å². The van der Waals surface area contributed by atoms with E-state index in [2.05, 4.69) is 4.98 Å². The summed E-state index contributed by atoms with van der Waals surface area (Å²) >= 11 is 0. The van der Waals surface area contributed by atoms with Crippen LogP contribution in [0.3, 0.4) is 0 Å². The fourth-order valence-electron chi connectivity index (χ4n) is 1.69. The van der Waals surface area contributed by atoms with Gasteiger partial charge in [0.25, 0.3) is 0 Å². The molecule has 0 saturated heterocycles. The Bertz CT molecular complexity index is 619. The van der Waals surface area contributed by atoms with E-state index in [4.69, 9.17) is 9.15 Å². The molecule has 1 aromatic heterocycles. The minimum absolute atomic E-state index is 0.0550. The summed E-state index contributed by atoms with van der Waals surface area (Å²) in [7, 11) is 0. The number of aromatic nitrogens is 1. The van der Waals surface area contributed by atoms with Crippen molar-refractivity contribution in [2.75, 3.05) is 0 Å². The van der Waals surface area contributed by atoms with E-state index in [1.165, 1.54) is 6.07 Å². The minimum atomic E-state index is -0.461. The number of rotatable bonds is 5. The highest BCUT2D eigenvalue weighted by Crippen LogP contribution is 2.28. The van der Waals surface area contributed by atoms with Crippen molar-refractivity contribution < 1.29 is 14.1 Å². The van der Waals surface area contributed by atoms with Crippen LogP contribution in [0.15, 0.2) is 28.8 Å². The van der Waals surface area contributed by atoms with Crippen LogP contribution in [0, 0.1) is 17.0 Å². The average molecular weight is 276 g/mol. The Morgan fingerprint density at radius 2 is 2.20 bits per heavy atom. The van der Waals surface area contributed by atoms with Gasteiger partial charge in [-0.15, -0.1) is 0 Å². The maximum atomic E-state index is 11.0. The summed E-state index contributed by atoms with van der Waals surface area (Å²) in [5.74, 6) is 1.63. The second-order valence-electron chi connectivity index (χ2n) is 4.83. The standard InChI is InChI=1S/C14H16N2O4/c1-9(2)13-7-15-14(20-13)8-19-12-5-4-10(3)6-11(12)16(17)18/h4-7,9H,8H2,1-3H3. The molecule has 0 unspecified atom stereocenters. The van der Waals surface area contributed by atoms with E-state index < -0.39 is 4.92 Å². The van der Waals surface area contributed by atoms with E-state index in [1.807, 2.05) is 13.8 Å². The van der Waals surface area contributed by atoms with Crippen molar-refractivity contribution in [3.05, 3.63) is 51.7 Å². The highest BCUT2D eigenvalue weighted by Gasteiger charge is 2.16. The Morgan fingerprint density at radius 1 is 1.45 bits per heavy atom. The second kappa shape index (κ2) is 5.73. The van der Waals surface area contributed by atoms with Crippen molar-refractivity contribution in [3.8, 4) is 5.75 Å². The van der Waals surface area contributed by atoms with Gasteiger partial charge in [0, 0.05) is 12.0 Å². The third-order valence-electron chi connectivity index (χ3n) is 2.80. The minimum Gasteiger partial charge on any atom is -0.477 e. The molecule has 0 N–H and O–H groups in total. The number of hydrogen-bond acceptors (Lipinski definition) is 5. The van der Waals surface area contributed by atoms with Gasteiger partial charge < -0.3 is 9.15 Å². The third-order valence-corrected chi connectivity index (χ3v) is 2.80. The molecule has 2 rings (SSSR count). The Balaban J connectivity index is 2.12. The van der Waals surface area contributed by atoms with Crippen LogP contribution < -0.4 is 4.74 Å². The summed E-state index contributed by atoms with van der Waals surface area (Å²) in [5, 5.41) is 11.0. The maximum absolute atomic E-state index is 11.0. The highest BCUT2D eigenvalue weighted by molar-refractivity contribution is 5.48. The predicted octanol–water partition coefficient (Wildman–Crippen LogP) is 3.59. The molecule has 0 aliphatic carbocycles. The van der Waals surface area contributed by atoms with Gasteiger partial charge in [-0.05, 0) is 18.6 Å². The smallest absolute Gasteiger partial charge is 0.311 e. The lowest BCUT2D eigenvalue weighted by atomic mass is 10.2. The molecule has 0 fully saturated rings. The average Bonchev–Trinajstić information content (AvgIpc) is 2.86. The zero-order chi connectivity index (χ0) is 14.7. The molecule has 0 bridgehead atoms. The molecule has 6 heteroatoms. The van der Waals surface area contributed by atoms with E-state index in [0.29, 0.717) is 5.89 Å². The van der Waals surface area contributed by atoms with Crippen LogP contribution in [-0.4, -0.2) is 9.91 Å². The van der Waals surface area contributed by atoms with Crippen molar-refractivity contribution in [1.82, 2.24) is 4.98 Å². The van der Waals surface area contributed by atoms with Gasteiger partial charge in [-0.1, -0.05) is 19.9 Å². The summed E-state index contributed by atoms with van der Waals surface area (Å²) in [4.78, 5) is 14.6. The zero-order valence-corrected chi connectivity index (χ0v) is 11.6. The first-order chi connectivity index (χ1) is 9.47. The number of benzene rings is 1. The van der Waals surface area contributed by atoms with Gasteiger partial charge in [-0.3, -0.25) is 10.1 Å². The fourth-order valence-corrected chi connectivity index (χ4v) is 1.69. The molecule has 0 atom stereocenters. The van der Waals surface area contributed by atoms with Crippen LogP contribution >= 0.6 is 0 Å². The summed E-state index contributed by atoms with van der Waals surface area (Å²) in [6.45, 7) is 5.85. The van der Waals surface area contributed by atoms with E-state index in [9.17, 15) is 10.1 Å². The monoisotopic (exact) mass is 276 g/mol. The molecule has 0 radical (unpaired) electrons. The van der Waals surface area contributed by atoms with Gasteiger partial charge in [0.2, 0.25) is 5.89 Å². The summed E-state index contributed by atoms with van der Waals surface area (Å²) in [6, 6.07) is 4.82. The first-order valence-corrected chi connectivity index (χ1v) is 6.30. The quantitative estimate of drug-likeness (QED) is 0.616. The maximum Gasteiger partial charge on any atom is 0.311 e. The molecule has 106 valence electrons. The molecule has 0 spiro atoms. The molecule has 0 aliphatic heterocycles. The molecule has 0 saturated carbocycles. The molecule has 1 aromatic carbocycles. The predicted molar refractivity (Wildman–Crippen MR) is 72.8 cm³/mol. The van der Waals surface area contributed by atoms with Crippen LogP contribution in [0.1, 0.15) is 37.0 Å². The molecule has 1 heterocycles. The van der Waals surface area contributed by atoms with Crippen molar-refractivity contribution in [1.29, 1.82) is 0 Å². The van der Waals surface area contributed by atoms with Crippen molar-refractivity contribution >= 4 is 5.69 Å². The van der Waals surface area contributed by atoms with Crippen LogP contribution in [0.5, 0.6) is 5.75 Å². The van der Waals surface area contributed by atoms with Gasteiger partial charge >= 0.3 is 5.69 Å². The summed E-state index contributed by atoms with van der Waals surface area (Å²) < 4.78 is 10.9. The van der Waals surface area contributed by atoms with Gasteiger partial charge in [-0.2, -0.15) is 0 Å². The molecule has 0 amide bonds. The largest absolute Gasteiger partial charge is 0.477 e. The molecular formula is C14H16N2O4. The molecule has 6 nitrogen and oxygen atoms in total. The van der Waals surface area contributed by atoms with Crippen molar-refractivity contribution in [2.45, 2.75) is 33.3 Å². The fraction of sp³-hybridized carbons (Fsp3) is 0.357. The van der Waals surface area contributed by atoms with Crippen LogP contribution in [-0.2, 0) is 6.61 Å². The number of aryl methyl sites for hydroxylation is 1. The lowest BCUT2D eigenvalue weighted by Crippen LogP contribution is -1.99. The number of nitrogens with zero attached hydrogens (tertiary/aromatic N) is 2. The van der Waals surface area contributed by atoms with E-state index in [1.54, 1.807) is 25.3 Å². The summed E-state index contributed by atoms with van der Waals surface area (Å²) in [5.41, 5.74) is 0.753. The van der Waals surface area contributed by atoms with E-state index in [-0.39, 0.29) is 24.0 Å². The lowest BCUT2D eigenvalue weighted by molar-refractivity contribution is -0.386. The number of ether oxygens (including phenoxy) is 1. The first kappa shape index (κ1) is 14.0.